The monoisotopic (exact) mass is 239 g/mol. The Bertz CT molecular complexity index is 341. The molecule has 0 aromatic heterocycles. The second-order valence-corrected chi connectivity index (χ2v) is 3.72. The van der Waals surface area contributed by atoms with E-state index in [1.165, 1.54) is 0 Å². The molecule has 0 aliphatic heterocycles. The number of hydrogen-bond donors (Lipinski definition) is 1. The highest BCUT2D eigenvalue weighted by atomic mass is 16.5. The average molecular weight is 239 g/mol. The van der Waals surface area contributed by atoms with Crippen molar-refractivity contribution in [3.63, 3.8) is 0 Å². The summed E-state index contributed by atoms with van der Waals surface area (Å²) in [5, 5.41) is 0. The van der Waals surface area contributed by atoms with Gasteiger partial charge in [-0.05, 0) is 32.9 Å². The Morgan fingerprint density at radius 2 is 2.00 bits per heavy atom. The van der Waals surface area contributed by atoms with Crippen LogP contribution in [0.15, 0.2) is 18.2 Å². The van der Waals surface area contributed by atoms with Crippen molar-refractivity contribution in [3.8, 4) is 11.5 Å². The normalized spacial score (nSPS) is 12.2. The molecule has 0 fully saturated rings. The molecule has 96 valence electrons. The van der Waals surface area contributed by atoms with Crippen molar-refractivity contribution in [2.45, 2.75) is 26.9 Å². The molecule has 17 heavy (non-hydrogen) atoms. The topological polar surface area (TPSA) is 53.7 Å². The van der Waals surface area contributed by atoms with Gasteiger partial charge in [0.25, 0.3) is 0 Å². The molecular formula is C13H21NO3. The zero-order valence-corrected chi connectivity index (χ0v) is 10.7. The summed E-state index contributed by atoms with van der Waals surface area (Å²) in [7, 11) is 0. The summed E-state index contributed by atoms with van der Waals surface area (Å²) in [6.07, 6.45) is 0.00745. The molecule has 0 bridgehead atoms. The molecule has 0 saturated heterocycles. The van der Waals surface area contributed by atoms with Gasteiger partial charge in [0.15, 0.2) is 0 Å². The summed E-state index contributed by atoms with van der Waals surface area (Å²) in [5.74, 6) is 1.41. The van der Waals surface area contributed by atoms with Crippen LogP contribution >= 0.6 is 0 Å². The van der Waals surface area contributed by atoms with Gasteiger partial charge in [-0.3, -0.25) is 0 Å². The van der Waals surface area contributed by atoms with Crippen LogP contribution < -0.4 is 15.2 Å². The lowest BCUT2D eigenvalue weighted by molar-refractivity contribution is 0.0656. The van der Waals surface area contributed by atoms with Crippen molar-refractivity contribution in [2.75, 3.05) is 25.6 Å². The Labute approximate surface area is 103 Å². The van der Waals surface area contributed by atoms with Gasteiger partial charge in [-0.15, -0.1) is 0 Å². The average Bonchev–Trinajstić information content (AvgIpc) is 2.31. The minimum Gasteiger partial charge on any atom is -0.492 e. The molecule has 4 heteroatoms. The van der Waals surface area contributed by atoms with Gasteiger partial charge in [-0.2, -0.15) is 0 Å². The molecule has 1 atom stereocenters. The third kappa shape index (κ3) is 4.53. The zero-order valence-electron chi connectivity index (χ0n) is 10.7. The van der Waals surface area contributed by atoms with Gasteiger partial charge in [-0.1, -0.05) is 0 Å². The number of nitrogens with two attached hydrogens (primary N) is 1. The fourth-order valence-electron chi connectivity index (χ4n) is 1.42. The lowest BCUT2D eigenvalue weighted by Gasteiger charge is -2.16. The van der Waals surface area contributed by atoms with E-state index in [0.29, 0.717) is 31.3 Å². The van der Waals surface area contributed by atoms with E-state index in [1.54, 1.807) is 12.1 Å². The van der Waals surface area contributed by atoms with Crippen molar-refractivity contribution in [1.82, 2.24) is 0 Å². The van der Waals surface area contributed by atoms with Crippen LogP contribution in [0.2, 0.25) is 0 Å². The van der Waals surface area contributed by atoms with Crippen LogP contribution in [0.4, 0.5) is 5.69 Å². The van der Waals surface area contributed by atoms with Crippen molar-refractivity contribution in [2.24, 2.45) is 0 Å². The maximum Gasteiger partial charge on any atom is 0.145 e. The third-order valence-electron chi connectivity index (χ3n) is 2.18. The van der Waals surface area contributed by atoms with Crippen molar-refractivity contribution in [1.29, 1.82) is 0 Å². The Balaban J connectivity index is 2.61. The molecule has 0 radical (unpaired) electrons. The highest BCUT2D eigenvalue weighted by Crippen LogP contribution is 2.27. The van der Waals surface area contributed by atoms with Gasteiger partial charge in [-0.25, -0.2) is 0 Å². The van der Waals surface area contributed by atoms with Gasteiger partial charge in [0, 0.05) is 12.7 Å². The highest BCUT2D eigenvalue weighted by molar-refractivity contribution is 5.55. The van der Waals surface area contributed by atoms with E-state index in [9.17, 15) is 0 Å². The van der Waals surface area contributed by atoms with E-state index < -0.39 is 0 Å². The van der Waals surface area contributed by atoms with Gasteiger partial charge in [0.1, 0.15) is 17.6 Å². The molecule has 0 aliphatic carbocycles. The first-order valence-electron chi connectivity index (χ1n) is 5.94. The molecule has 1 aromatic rings. The maximum atomic E-state index is 5.78. The Morgan fingerprint density at radius 1 is 1.24 bits per heavy atom. The number of nitrogen functional groups attached to an aromatic ring is 1. The number of benzene rings is 1. The fraction of sp³-hybridized carbons (Fsp3) is 0.538. The molecule has 2 N–H and O–H groups in total. The summed E-state index contributed by atoms with van der Waals surface area (Å²) >= 11 is 0. The Morgan fingerprint density at radius 3 is 2.65 bits per heavy atom. The summed E-state index contributed by atoms with van der Waals surface area (Å²) in [4.78, 5) is 0. The van der Waals surface area contributed by atoms with Crippen LogP contribution in [0, 0.1) is 0 Å². The molecule has 0 saturated carbocycles. The minimum atomic E-state index is 0.00745. The Kier molecular flexibility index (Phi) is 5.63. The summed E-state index contributed by atoms with van der Waals surface area (Å²) < 4.78 is 16.4. The smallest absolute Gasteiger partial charge is 0.145 e. The summed E-state index contributed by atoms with van der Waals surface area (Å²) in [6.45, 7) is 7.70. The van der Waals surface area contributed by atoms with Crippen LogP contribution in [-0.4, -0.2) is 25.9 Å². The zero-order chi connectivity index (χ0) is 12.7. The van der Waals surface area contributed by atoms with Crippen LogP contribution in [0.5, 0.6) is 11.5 Å². The molecule has 1 unspecified atom stereocenters. The van der Waals surface area contributed by atoms with Crippen molar-refractivity contribution >= 4 is 5.69 Å². The van der Waals surface area contributed by atoms with Crippen LogP contribution in [0.25, 0.3) is 0 Å². The summed E-state index contributed by atoms with van der Waals surface area (Å²) in [6, 6.07) is 5.43. The van der Waals surface area contributed by atoms with Gasteiger partial charge < -0.3 is 19.9 Å². The van der Waals surface area contributed by atoms with Crippen LogP contribution in [-0.2, 0) is 4.74 Å². The fourth-order valence-corrected chi connectivity index (χ4v) is 1.42. The molecule has 0 spiro atoms. The molecule has 1 aromatic carbocycles. The predicted octanol–water partition coefficient (Wildman–Crippen LogP) is 2.47. The molecular weight excluding hydrogens is 218 g/mol. The van der Waals surface area contributed by atoms with Gasteiger partial charge >= 0.3 is 0 Å². The number of rotatable bonds is 7. The molecule has 4 nitrogen and oxygen atoms in total. The van der Waals surface area contributed by atoms with E-state index in [2.05, 4.69) is 0 Å². The lowest BCUT2D eigenvalue weighted by atomic mass is 10.3. The van der Waals surface area contributed by atoms with E-state index in [0.717, 1.165) is 5.75 Å². The highest BCUT2D eigenvalue weighted by Gasteiger charge is 2.07. The second-order valence-electron chi connectivity index (χ2n) is 3.72. The Hall–Kier alpha value is -1.42. The van der Waals surface area contributed by atoms with E-state index in [4.69, 9.17) is 19.9 Å². The quantitative estimate of drug-likeness (QED) is 0.743. The maximum absolute atomic E-state index is 5.78. The van der Waals surface area contributed by atoms with Gasteiger partial charge in [0.2, 0.25) is 0 Å². The minimum absolute atomic E-state index is 0.00745. The van der Waals surface area contributed by atoms with Crippen LogP contribution in [0.3, 0.4) is 0 Å². The standard InChI is InChI=1S/C13H21NO3/c1-4-15-9-10(3)17-11-6-7-12(14)13(8-11)16-5-2/h6-8,10H,4-5,9,14H2,1-3H3. The molecule has 1 rings (SSSR count). The number of ether oxygens (including phenoxy) is 3. The summed E-state index contributed by atoms with van der Waals surface area (Å²) in [5.41, 5.74) is 6.40. The molecule has 0 aliphatic rings. The lowest BCUT2D eigenvalue weighted by Crippen LogP contribution is -2.19. The first-order valence-corrected chi connectivity index (χ1v) is 5.94. The van der Waals surface area contributed by atoms with Gasteiger partial charge in [0.05, 0.1) is 18.9 Å². The largest absolute Gasteiger partial charge is 0.492 e. The number of hydrogen-bond acceptors (Lipinski definition) is 4. The SMILES string of the molecule is CCOCC(C)Oc1ccc(N)c(OCC)c1. The van der Waals surface area contributed by atoms with Crippen molar-refractivity contribution in [3.05, 3.63) is 18.2 Å². The second kappa shape index (κ2) is 7.01. The van der Waals surface area contributed by atoms with E-state index in [-0.39, 0.29) is 6.10 Å². The third-order valence-corrected chi connectivity index (χ3v) is 2.18. The van der Waals surface area contributed by atoms with E-state index >= 15 is 0 Å². The number of anilines is 1. The molecule has 0 heterocycles. The molecule has 0 amide bonds. The van der Waals surface area contributed by atoms with Crippen LogP contribution in [0.1, 0.15) is 20.8 Å². The van der Waals surface area contributed by atoms with E-state index in [1.807, 2.05) is 26.8 Å². The van der Waals surface area contributed by atoms with Crippen molar-refractivity contribution < 1.29 is 14.2 Å². The first kappa shape index (κ1) is 13.6. The first-order chi connectivity index (χ1) is 8.17. The predicted molar refractivity (Wildman–Crippen MR) is 68.6 cm³/mol.